The summed E-state index contributed by atoms with van der Waals surface area (Å²) in [7, 11) is 0. The fourth-order valence-corrected chi connectivity index (χ4v) is 2.51. The van der Waals surface area contributed by atoms with Gasteiger partial charge in [0.25, 0.3) is 5.91 Å². The van der Waals surface area contributed by atoms with E-state index in [1.54, 1.807) is 6.07 Å². The maximum Gasteiger partial charge on any atom is 0.432 e. The molecule has 1 aliphatic rings. The number of hydrogen-bond acceptors (Lipinski definition) is 3. The van der Waals surface area contributed by atoms with Crippen molar-refractivity contribution >= 4 is 5.91 Å². The summed E-state index contributed by atoms with van der Waals surface area (Å²) >= 11 is 0. The van der Waals surface area contributed by atoms with Crippen molar-refractivity contribution in [2.45, 2.75) is 11.9 Å². The highest BCUT2D eigenvalue weighted by atomic mass is 19.4. The van der Waals surface area contributed by atoms with Gasteiger partial charge < -0.3 is 5.11 Å². The number of alkyl halides is 3. The van der Waals surface area contributed by atoms with Crippen LogP contribution in [0.3, 0.4) is 0 Å². The number of aliphatic hydroxyl groups is 1. The Labute approximate surface area is 140 Å². The largest absolute Gasteiger partial charge is 0.432 e. The average Bonchev–Trinajstić information content (AvgIpc) is 2.95. The number of allylic oxidation sites excluding steroid dienone is 1. The van der Waals surface area contributed by atoms with Crippen LogP contribution in [0.5, 0.6) is 0 Å². The van der Waals surface area contributed by atoms with E-state index in [0.29, 0.717) is 11.1 Å². The molecule has 0 radical (unpaired) electrons. The van der Waals surface area contributed by atoms with E-state index in [4.69, 9.17) is 0 Å². The van der Waals surface area contributed by atoms with Crippen LogP contribution in [0.15, 0.2) is 66.4 Å². The second-order valence-corrected chi connectivity index (χ2v) is 5.38. The van der Waals surface area contributed by atoms with Crippen molar-refractivity contribution in [2.75, 3.05) is 0 Å². The monoisotopic (exact) mass is 352 g/mol. The molecule has 8 heteroatoms. The number of nitrogens with one attached hydrogen (secondary N) is 1. The summed E-state index contributed by atoms with van der Waals surface area (Å²) in [5.41, 5.74) is -2.34. The summed E-state index contributed by atoms with van der Waals surface area (Å²) in [6, 6.07) is 12.2. The molecule has 2 aromatic carbocycles. The van der Waals surface area contributed by atoms with E-state index < -0.39 is 34.9 Å². The Hall–Kier alpha value is -2.87. The maximum absolute atomic E-state index is 13.9. The SMILES string of the molecule is O=C(c1ccccc1F)N1NC(C(F)(F)F)=CC1(O)c1ccccc1. The number of halogens is 4. The van der Waals surface area contributed by atoms with Gasteiger partial charge in [0.2, 0.25) is 5.72 Å². The minimum atomic E-state index is -4.83. The number of amides is 1. The molecular formula is C17H12F4N2O2. The molecule has 0 spiro atoms. The van der Waals surface area contributed by atoms with Crippen molar-refractivity contribution < 1.29 is 27.5 Å². The summed E-state index contributed by atoms with van der Waals surface area (Å²) in [6.45, 7) is 0. The van der Waals surface area contributed by atoms with Gasteiger partial charge in [0.05, 0.1) is 5.56 Å². The van der Waals surface area contributed by atoms with Crippen LogP contribution in [0.2, 0.25) is 0 Å². The first-order valence-electron chi connectivity index (χ1n) is 7.17. The Kier molecular flexibility index (Phi) is 4.00. The predicted octanol–water partition coefficient (Wildman–Crippen LogP) is 3.08. The molecular weight excluding hydrogens is 340 g/mol. The summed E-state index contributed by atoms with van der Waals surface area (Å²) < 4.78 is 53.1. The van der Waals surface area contributed by atoms with Crippen LogP contribution in [0.25, 0.3) is 0 Å². The van der Waals surface area contributed by atoms with Crippen LogP contribution >= 0.6 is 0 Å². The number of rotatable bonds is 2. The van der Waals surface area contributed by atoms with Gasteiger partial charge in [0.15, 0.2) is 0 Å². The van der Waals surface area contributed by atoms with Gasteiger partial charge in [-0.15, -0.1) is 0 Å². The maximum atomic E-state index is 13.9. The number of benzene rings is 2. The molecule has 3 rings (SSSR count). The molecule has 0 aliphatic carbocycles. The molecule has 0 aromatic heterocycles. The molecule has 1 amide bonds. The minimum Gasteiger partial charge on any atom is -0.362 e. The zero-order valence-corrected chi connectivity index (χ0v) is 12.6. The van der Waals surface area contributed by atoms with Gasteiger partial charge >= 0.3 is 6.18 Å². The van der Waals surface area contributed by atoms with Crippen molar-refractivity contribution in [3.8, 4) is 0 Å². The van der Waals surface area contributed by atoms with E-state index in [0.717, 1.165) is 12.1 Å². The smallest absolute Gasteiger partial charge is 0.362 e. The van der Waals surface area contributed by atoms with Crippen LogP contribution < -0.4 is 5.43 Å². The highest BCUT2D eigenvalue weighted by Gasteiger charge is 2.50. The first-order valence-corrected chi connectivity index (χ1v) is 7.17. The first kappa shape index (κ1) is 17.0. The van der Waals surface area contributed by atoms with Crippen molar-refractivity contribution in [1.82, 2.24) is 10.4 Å². The Bertz CT molecular complexity index is 836. The highest BCUT2D eigenvalue weighted by Crippen LogP contribution is 2.38. The fraction of sp³-hybridized carbons (Fsp3) is 0.118. The highest BCUT2D eigenvalue weighted by molar-refractivity contribution is 5.95. The van der Waals surface area contributed by atoms with Gasteiger partial charge in [-0.3, -0.25) is 10.2 Å². The van der Waals surface area contributed by atoms with Gasteiger partial charge in [-0.05, 0) is 12.1 Å². The summed E-state index contributed by atoms with van der Waals surface area (Å²) in [5, 5.41) is 11.2. The molecule has 1 atom stereocenters. The van der Waals surface area contributed by atoms with Crippen molar-refractivity contribution in [3.05, 3.63) is 83.3 Å². The molecule has 25 heavy (non-hydrogen) atoms. The Morgan fingerprint density at radius 3 is 2.24 bits per heavy atom. The van der Waals surface area contributed by atoms with Crippen molar-refractivity contribution in [3.63, 3.8) is 0 Å². The molecule has 130 valence electrons. The van der Waals surface area contributed by atoms with Crippen LogP contribution in [-0.2, 0) is 5.72 Å². The van der Waals surface area contributed by atoms with Gasteiger partial charge in [-0.2, -0.15) is 13.2 Å². The van der Waals surface area contributed by atoms with Crippen LogP contribution in [0.4, 0.5) is 17.6 Å². The van der Waals surface area contributed by atoms with E-state index in [2.05, 4.69) is 0 Å². The second-order valence-electron chi connectivity index (χ2n) is 5.38. The lowest BCUT2D eigenvalue weighted by Crippen LogP contribution is -2.51. The van der Waals surface area contributed by atoms with Gasteiger partial charge in [0, 0.05) is 11.6 Å². The average molecular weight is 352 g/mol. The Morgan fingerprint density at radius 1 is 1.04 bits per heavy atom. The third-order valence-corrected chi connectivity index (χ3v) is 3.73. The van der Waals surface area contributed by atoms with Gasteiger partial charge in [-0.25, -0.2) is 9.40 Å². The van der Waals surface area contributed by atoms with Crippen LogP contribution in [0, 0.1) is 5.82 Å². The Balaban J connectivity index is 2.09. The van der Waals surface area contributed by atoms with Crippen molar-refractivity contribution in [1.29, 1.82) is 0 Å². The summed E-state index contributed by atoms with van der Waals surface area (Å²) in [5.74, 6) is -2.05. The zero-order chi connectivity index (χ0) is 18.2. The number of hydrazine groups is 1. The van der Waals surface area contributed by atoms with E-state index >= 15 is 0 Å². The fourth-order valence-electron chi connectivity index (χ4n) is 2.51. The molecule has 2 N–H and O–H groups in total. The number of hydrogen-bond donors (Lipinski definition) is 2. The molecule has 0 bridgehead atoms. The third-order valence-electron chi connectivity index (χ3n) is 3.73. The Morgan fingerprint density at radius 2 is 1.64 bits per heavy atom. The van der Waals surface area contributed by atoms with E-state index in [1.165, 1.54) is 36.4 Å². The van der Waals surface area contributed by atoms with Gasteiger partial charge in [0.1, 0.15) is 11.5 Å². The molecule has 1 heterocycles. The topological polar surface area (TPSA) is 52.6 Å². The molecule has 1 unspecified atom stereocenters. The molecule has 1 aliphatic heterocycles. The predicted molar refractivity (Wildman–Crippen MR) is 80.2 cm³/mol. The molecule has 0 fully saturated rings. The number of nitrogens with zero attached hydrogens (tertiary/aromatic N) is 1. The lowest BCUT2D eigenvalue weighted by atomic mass is 10.0. The quantitative estimate of drug-likeness (QED) is 0.817. The molecule has 0 saturated carbocycles. The molecule has 2 aromatic rings. The van der Waals surface area contributed by atoms with Gasteiger partial charge in [-0.1, -0.05) is 42.5 Å². The molecule has 4 nitrogen and oxygen atoms in total. The van der Waals surface area contributed by atoms with E-state index in [1.807, 2.05) is 5.43 Å². The standard InChI is InChI=1S/C17H12F4N2O2/c18-13-9-5-4-8-12(13)15(24)23-16(25,11-6-2-1-3-7-11)10-14(22-23)17(19,20)21/h1-10,22,25H. The zero-order valence-electron chi connectivity index (χ0n) is 12.6. The van der Waals surface area contributed by atoms with E-state index in [9.17, 15) is 27.5 Å². The lowest BCUT2D eigenvalue weighted by molar-refractivity contribution is -0.104. The lowest BCUT2D eigenvalue weighted by Gasteiger charge is -2.33. The number of carbonyl (C=O) groups is 1. The summed E-state index contributed by atoms with van der Waals surface area (Å²) in [4.78, 5) is 12.6. The normalized spacial score (nSPS) is 20.2. The first-order chi connectivity index (χ1) is 11.7. The van der Waals surface area contributed by atoms with Crippen LogP contribution in [-0.4, -0.2) is 22.2 Å². The summed E-state index contributed by atoms with van der Waals surface area (Å²) in [6.07, 6.45) is -4.34. The van der Waals surface area contributed by atoms with Crippen molar-refractivity contribution in [2.24, 2.45) is 0 Å². The second kappa shape index (κ2) is 5.89. The van der Waals surface area contributed by atoms with Crippen LogP contribution in [0.1, 0.15) is 15.9 Å². The minimum absolute atomic E-state index is 0.0199. The van der Waals surface area contributed by atoms with E-state index in [-0.39, 0.29) is 5.56 Å². The number of carbonyl (C=O) groups excluding carboxylic acids is 1. The third kappa shape index (κ3) is 2.96. The molecule has 0 saturated heterocycles.